The first-order chi connectivity index (χ1) is 6.21. The summed E-state index contributed by atoms with van der Waals surface area (Å²) in [4.78, 5) is -4.60. The number of hydrogen-bond donors (Lipinski definition) is 0. The molecule has 0 aliphatic rings. The molecule has 92 valence electrons. The van der Waals surface area contributed by atoms with Gasteiger partial charge in [-0.3, -0.25) is 0 Å². The molecule has 10 heteroatoms. The quantitative estimate of drug-likeness (QED) is 0.529. The van der Waals surface area contributed by atoms with Gasteiger partial charge in [-0.05, 0) is 15.9 Å². The molecule has 0 unspecified atom stereocenters. The molecule has 0 saturated carbocycles. The predicted molar refractivity (Wildman–Crippen MR) is 34.4 cm³/mol. The molecule has 0 N–H and O–H groups in total. The second kappa shape index (κ2) is 3.70. The van der Waals surface area contributed by atoms with Gasteiger partial charge in [0.25, 0.3) is 0 Å². The molecule has 0 radical (unpaired) electrons. The number of rotatable bonds is 2. The van der Waals surface area contributed by atoms with Crippen molar-refractivity contribution in [1.29, 1.82) is 0 Å². The average Bonchev–Trinajstić information content (AvgIpc) is 1.77. The normalized spacial score (nSPS) is 15.6. The molecule has 0 heterocycles. The van der Waals surface area contributed by atoms with Gasteiger partial charge in [0.15, 0.2) is 0 Å². The largest absolute Gasteiger partial charge is 0.431 e. The van der Waals surface area contributed by atoms with Crippen molar-refractivity contribution < 1.29 is 39.5 Å². The Kier molecular flexibility index (Phi) is 3.67. The lowest BCUT2D eigenvalue weighted by Crippen LogP contribution is -2.55. The maximum absolute atomic E-state index is 12.5. The monoisotopic (exact) mass is 312 g/mol. The van der Waals surface area contributed by atoms with Crippen LogP contribution in [0.25, 0.3) is 0 Å². The third-order valence-corrected chi connectivity index (χ3v) is 1.62. The maximum Gasteiger partial charge on any atom is 0.431 e. The molecule has 15 heavy (non-hydrogen) atoms. The molecule has 0 aromatic carbocycles. The van der Waals surface area contributed by atoms with Gasteiger partial charge in [0.2, 0.25) is 0 Å². The van der Waals surface area contributed by atoms with Crippen LogP contribution in [-0.4, -0.2) is 22.9 Å². The van der Waals surface area contributed by atoms with Crippen molar-refractivity contribution in [3.63, 3.8) is 0 Å². The number of halogens is 10. The molecule has 0 atom stereocenters. The van der Waals surface area contributed by atoms with E-state index in [9.17, 15) is 39.5 Å². The fraction of sp³-hybridized carbons (Fsp3) is 1.00. The summed E-state index contributed by atoms with van der Waals surface area (Å²) < 4.78 is 107. The first kappa shape index (κ1) is 14.8. The van der Waals surface area contributed by atoms with E-state index in [2.05, 4.69) is 0 Å². The van der Waals surface area contributed by atoms with Crippen molar-refractivity contribution in [1.82, 2.24) is 0 Å². The lowest BCUT2D eigenvalue weighted by atomic mass is 10.0. The van der Waals surface area contributed by atoms with Crippen LogP contribution in [0.1, 0.15) is 6.42 Å². The maximum atomic E-state index is 12.5. The van der Waals surface area contributed by atoms with Crippen LogP contribution in [0, 0.1) is 0 Å². The summed E-state index contributed by atoms with van der Waals surface area (Å²) in [6.07, 6.45) is -16.0. The molecular formula is C5H2BrF9. The van der Waals surface area contributed by atoms with Gasteiger partial charge in [-0.25, -0.2) is 4.39 Å². The van der Waals surface area contributed by atoms with Crippen LogP contribution in [0.15, 0.2) is 0 Å². The van der Waals surface area contributed by atoms with E-state index >= 15 is 0 Å². The highest BCUT2D eigenvalue weighted by Crippen LogP contribution is 2.52. The van der Waals surface area contributed by atoms with Crippen molar-refractivity contribution in [3.8, 4) is 0 Å². The average molecular weight is 313 g/mol. The van der Waals surface area contributed by atoms with E-state index in [1.54, 1.807) is 0 Å². The molecule has 0 rings (SSSR count). The van der Waals surface area contributed by atoms with Crippen molar-refractivity contribution in [2.45, 2.75) is 29.3 Å². The smallest absolute Gasteiger partial charge is 0.223 e. The van der Waals surface area contributed by atoms with Crippen LogP contribution < -0.4 is 0 Å². The molecule has 0 bridgehead atoms. The van der Waals surface area contributed by atoms with Gasteiger partial charge >= 0.3 is 22.9 Å². The third-order valence-electron chi connectivity index (χ3n) is 1.34. The van der Waals surface area contributed by atoms with Crippen LogP contribution in [-0.2, 0) is 0 Å². The van der Waals surface area contributed by atoms with Gasteiger partial charge in [-0.1, -0.05) is 0 Å². The van der Waals surface area contributed by atoms with Crippen LogP contribution in [0.2, 0.25) is 0 Å². The van der Waals surface area contributed by atoms with E-state index in [1.807, 2.05) is 0 Å². The van der Waals surface area contributed by atoms with Gasteiger partial charge in [0.05, 0.1) is 6.42 Å². The SMILES string of the molecule is FC(F)(Br)CC(F)(C(F)(F)F)C(F)(F)F. The third kappa shape index (κ3) is 3.42. The Morgan fingerprint density at radius 2 is 0.933 bits per heavy atom. The highest BCUT2D eigenvalue weighted by atomic mass is 79.9. The molecule has 0 amide bonds. The zero-order valence-corrected chi connectivity index (χ0v) is 8.07. The minimum atomic E-state index is -6.46. The van der Waals surface area contributed by atoms with E-state index in [-0.39, 0.29) is 0 Å². The Labute approximate surface area is 85.6 Å². The Balaban J connectivity index is 5.26. The van der Waals surface area contributed by atoms with E-state index < -0.39 is 29.3 Å². The molecule has 0 fully saturated rings. The molecule has 0 aliphatic heterocycles. The molecular weight excluding hydrogens is 311 g/mol. The second-order valence-corrected chi connectivity index (χ2v) is 3.75. The lowest BCUT2D eigenvalue weighted by molar-refractivity contribution is -0.349. The van der Waals surface area contributed by atoms with E-state index in [1.165, 1.54) is 15.9 Å². The van der Waals surface area contributed by atoms with E-state index in [0.717, 1.165) is 0 Å². The number of alkyl halides is 10. The van der Waals surface area contributed by atoms with Gasteiger partial charge in [0, 0.05) is 0 Å². The Morgan fingerprint density at radius 3 is 1.00 bits per heavy atom. The van der Waals surface area contributed by atoms with Gasteiger partial charge in [-0.15, -0.1) is 0 Å². The van der Waals surface area contributed by atoms with E-state index in [0.29, 0.717) is 0 Å². The molecule has 0 saturated heterocycles. The summed E-state index contributed by atoms with van der Waals surface area (Å²) in [5.74, 6) is 0. The topological polar surface area (TPSA) is 0 Å². The Bertz CT molecular complexity index is 206. The highest BCUT2D eigenvalue weighted by molar-refractivity contribution is 9.10. The minimum Gasteiger partial charge on any atom is -0.223 e. The summed E-state index contributed by atoms with van der Waals surface area (Å²) in [5, 5.41) is 0. The van der Waals surface area contributed by atoms with Gasteiger partial charge in [-0.2, -0.15) is 35.1 Å². The van der Waals surface area contributed by atoms with Crippen LogP contribution >= 0.6 is 15.9 Å². The molecule has 0 aromatic rings. The Hall–Kier alpha value is -0.150. The zero-order valence-electron chi connectivity index (χ0n) is 6.49. The van der Waals surface area contributed by atoms with E-state index in [4.69, 9.17) is 0 Å². The standard InChI is InChI=1S/C5H2BrF9/c6-3(8,9)1-2(7,4(10,11)12)5(13,14)15/h1H2. The summed E-state index contributed by atoms with van der Waals surface area (Å²) in [6, 6.07) is 0. The van der Waals surface area contributed by atoms with Gasteiger partial charge in [0.1, 0.15) is 0 Å². The fourth-order valence-corrected chi connectivity index (χ4v) is 1.02. The summed E-state index contributed by atoms with van der Waals surface area (Å²) in [6.45, 7) is 0. The first-order valence-corrected chi connectivity index (χ1v) is 3.89. The number of hydrogen-bond acceptors (Lipinski definition) is 0. The van der Waals surface area contributed by atoms with Crippen molar-refractivity contribution in [2.24, 2.45) is 0 Å². The second-order valence-electron chi connectivity index (χ2n) is 2.59. The minimum absolute atomic E-state index is 1.23. The zero-order chi connectivity index (χ0) is 12.7. The molecule has 0 aliphatic carbocycles. The molecule has 0 spiro atoms. The van der Waals surface area contributed by atoms with Crippen molar-refractivity contribution in [2.75, 3.05) is 0 Å². The lowest BCUT2D eigenvalue weighted by Gasteiger charge is -2.31. The summed E-state index contributed by atoms with van der Waals surface area (Å²) in [5.41, 5.74) is -5.94. The first-order valence-electron chi connectivity index (χ1n) is 3.10. The van der Waals surface area contributed by atoms with Crippen LogP contribution in [0.3, 0.4) is 0 Å². The van der Waals surface area contributed by atoms with Gasteiger partial charge < -0.3 is 0 Å². The highest BCUT2D eigenvalue weighted by Gasteiger charge is 2.74. The van der Waals surface area contributed by atoms with Crippen LogP contribution in [0.4, 0.5) is 39.5 Å². The van der Waals surface area contributed by atoms with Crippen molar-refractivity contribution >= 4 is 15.9 Å². The fourth-order valence-electron chi connectivity index (χ4n) is 0.637. The van der Waals surface area contributed by atoms with Crippen LogP contribution in [0.5, 0.6) is 0 Å². The van der Waals surface area contributed by atoms with Crippen molar-refractivity contribution in [3.05, 3.63) is 0 Å². The summed E-state index contributed by atoms with van der Waals surface area (Å²) in [7, 11) is 0. The molecule has 0 aromatic heterocycles. The summed E-state index contributed by atoms with van der Waals surface area (Å²) >= 11 is 1.23. The Morgan fingerprint density at radius 1 is 0.667 bits per heavy atom. The predicted octanol–water partition coefficient (Wildman–Crippen LogP) is 4.20. The molecule has 0 nitrogen and oxygen atoms in total.